The van der Waals surface area contributed by atoms with Crippen molar-refractivity contribution in [1.82, 2.24) is 9.97 Å². The Morgan fingerprint density at radius 1 is 0.967 bits per heavy atom. The third-order valence-electron chi connectivity index (χ3n) is 4.69. The van der Waals surface area contributed by atoms with Crippen LogP contribution in [0.5, 0.6) is 0 Å². The van der Waals surface area contributed by atoms with Crippen molar-refractivity contribution in [2.45, 2.75) is 6.04 Å². The minimum Gasteiger partial charge on any atom is -0.507 e. The number of anilines is 1. The summed E-state index contributed by atoms with van der Waals surface area (Å²) in [6, 6.07) is 14.2. The highest BCUT2D eigenvalue weighted by Gasteiger charge is 2.49. The van der Waals surface area contributed by atoms with Gasteiger partial charge in [0.15, 0.2) is 0 Å². The summed E-state index contributed by atoms with van der Waals surface area (Å²) in [5, 5.41) is 22.5. The third-order valence-corrected chi connectivity index (χ3v) is 4.69. The summed E-state index contributed by atoms with van der Waals surface area (Å²) < 4.78 is 0. The molecule has 9 nitrogen and oxygen atoms in total. The number of carbonyl (C=O) groups is 2. The second-order valence-electron chi connectivity index (χ2n) is 6.40. The van der Waals surface area contributed by atoms with E-state index in [0.717, 1.165) is 4.90 Å². The normalized spacial score (nSPS) is 17.9. The maximum Gasteiger partial charge on any atom is 0.302 e. The van der Waals surface area contributed by atoms with E-state index in [1.807, 2.05) is 0 Å². The molecule has 1 N–H and O–H groups in total. The van der Waals surface area contributed by atoms with Gasteiger partial charge in [0.2, 0.25) is 5.95 Å². The average molecular weight is 402 g/mol. The quantitative estimate of drug-likeness (QED) is 0.234. The van der Waals surface area contributed by atoms with Crippen LogP contribution in [0.4, 0.5) is 11.6 Å². The lowest BCUT2D eigenvalue weighted by Crippen LogP contribution is -2.31. The van der Waals surface area contributed by atoms with Gasteiger partial charge in [-0.3, -0.25) is 24.6 Å². The molecule has 2 aromatic carbocycles. The van der Waals surface area contributed by atoms with Gasteiger partial charge in [0, 0.05) is 24.0 Å². The van der Waals surface area contributed by atoms with Crippen molar-refractivity contribution in [3.05, 3.63) is 99.9 Å². The largest absolute Gasteiger partial charge is 0.507 e. The van der Waals surface area contributed by atoms with Crippen LogP contribution in [-0.2, 0) is 9.59 Å². The second-order valence-corrected chi connectivity index (χ2v) is 6.40. The zero-order chi connectivity index (χ0) is 21.3. The van der Waals surface area contributed by atoms with Gasteiger partial charge < -0.3 is 5.11 Å². The monoisotopic (exact) mass is 402 g/mol. The number of aromatic nitrogens is 2. The Morgan fingerprint density at radius 2 is 1.60 bits per heavy atom. The van der Waals surface area contributed by atoms with Crippen molar-refractivity contribution in [2.24, 2.45) is 0 Å². The van der Waals surface area contributed by atoms with Crippen LogP contribution in [0.3, 0.4) is 0 Å². The number of aliphatic hydroxyl groups is 1. The Balaban J connectivity index is 2.02. The van der Waals surface area contributed by atoms with Crippen LogP contribution in [0.25, 0.3) is 5.76 Å². The minimum atomic E-state index is -1.27. The Bertz CT molecular complexity index is 1180. The highest BCUT2D eigenvalue weighted by atomic mass is 16.6. The lowest BCUT2D eigenvalue weighted by Gasteiger charge is -2.23. The van der Waals surface area contributed by atoms with Crippen molar-refractivity contribution in [1.29, 1.82) is 0 Å². The van der Waals surface area contributed by atoms with Crippen LogP contribution in [0.1, 0.15) is 17.2 Å². The molecule has 0 aliphatic carbocycles. The zero-order valence-corrected chi connectivity index (χ0v) is 15.4. The number of para-hydroxylation sites is 1. The summed E-state index contributed by atoms with van der Waals surface area (Å²) in [6.45, 7) is 0. The molecule has 30 heavy (non-hydrogen) atoms. The summed E-state index contributed by atoms with van der Waals surface area (Å²) in [6.07, 6.45) is 2.77. The SMILES string of the molecule is O=C1C(=O)N(c2ncccn2)C(c2ccccc2[N+](=O)[O-])/C1=C(\O)c1ccccc1. The van der Waals surface area contributed by atoms with Crippen molar-refractivity contribution in [3.63, 3.8) is 0 Å². The number of nitro groups is 1. The summed E-state index contributed by atoms with van der Waals surface area (Å²) >= 11 is 0. The van der Waals surface area contributed by atoms with Gasteiger partial charge >= 0.3 is 5.91 Å². The molecule has 0 bridgehead atoms. The molecule has 2 heterocycles. The number of Topliss-reactive ketones (excluding diaryl/α,β-unsaturated/α-hetero) is 1. The molecule has 1 unspecified atom stereocenters. The van der Waals surface area contributed by atoms with E-state index in [2.05, 4.69) is 9.97 Å². The van der Waals surface area contributed by atoms with Gasteiger partial charge in [0.05, 0.1) is 16.1 Å². The van der Waals surface area contributed by atoms with Crippen LogP contribution >= 0.6 is 0 Å². The molecule has 1 aliphatic heterocycles. The van der Waals surface area contributed by atoms with Crippen molar-refractivity contribution in [3.8, 4) is 0 Å². The number of nitrogens with zero attached hydrogens (tertiary/aromatic N) is 4. The van der Waals surface area contributed by atoms with E-state index < -0.39 is 28.4 Å². The Kier molecular flexibility index (Phi) is 4.77. The predicted octanol–water partition coefficient (Wildman–Crippen LogP) is 3.01. The molecule has 148 valence electrons. The average Bonchev–Trinajstić information content (AvgIpc) is 3.05. The van der Waals surface area contributed by atoms with E-state index in [-0.39, 0.29) is 22.8 Å². The Labute approximate surface area is 170 Å². The zero-order valence-electron chi connectivity index (χ0n) is 15.4. The molecule has 1 atom stereocenters. The minimum absolute atomic E-state index is 0.0617. The van der Waals surface area contributed by atoms with Crippen LogP contribution in [0.15, 0.2) is 78.6 Å². The first-order valence-electron chi connectivity index (χ1n) is 8.87. The molecule has 1 fully saturated rings. The molecule has 0 saturated carbocycles. The maximum absolute atomic E-state index is 12.9. The van der Waals surface area contributed by atoms with Gasteiger partial charge in [-0.25, -0.2) is 9.97 Å². The van der Waals surface area contributed by atoms with Gasteiger partial charge in [-0.1, -0.05) is 42.5 Å². The fraction of sp³-hybridized carbons (Fsp3) is 0.0476. The smallest absolute Gasteiger partial charge is 0.302 e. The molecule has 1 saturated heterocycles. The van der Waals surface area contributed by atoms with Crippen molar-refractivity contribution < 1.29 is 19.6 Å². The maximum atomic E-state index is 12.9. The first kappa shape index (κ1) is 18.9. The number of carbonyl (C=O) groups excluding carboxylic acids is 2. The summed E-state index contributed by atoms with van der Waals surface area (Å²) in [7, 11) is 0. The van der Waals surface area contributed by atoms with Gasteiger partial charge in [-0.05, 0) is 12.1 Å². The van der Waals surface area contributed by atoms with E-state index in [1.54, 1.807) is 36.4 Å². The molecule has 9 heteroatoms. The number of rotatable bonds is 4. The van der Waals surface area contributed by atoms with E-state index in [4.69, 9.17) is 0 Å². The van der Waals surface area contributed by atoms with E-state index >= 15 is 0 Å². The summed E-state index contributed by atoms with van der Waals surface area (Å²) in [4.78, 5) is 45.9. The van der Waals surface area contributed by atoms with Gasteiger partial charge in [0.1, 0.15) is 11.8 Å². The van der Waals surface area contributed by atoms with E-state index in [9.17, 15) is 24.8 Å². The van der Waals surface area contributed by atoms with Crippen molar-refractivity contribution >= 4 is 29.1 Å². The van der Waals surface area contributed by atoms with Gasteiger partial charge in [0.25, 0.3) is 11.5 Å². The Hall–Kier alpha value is -4.40. The van der Waals surface area contributed by atoms with Gasteiger partial charge in [-0.2, -0.15) is 0 Å². The number of ketones is 1. The summed E-state index contributed by atoms with van der Waals surface area (Å²) in [5.74, 6) is -2.50. The number of nitro benzene ring substituents is 1. The molecular weight excluding hydrogens is 388 g/mol. The lowest BCUT2D eigenvalue weighted by molar-refractivity contribution is -0.385. The number of amides is 1. The molecule has 1 aliphatic rings. The van der Waals surface area contributed by atoms with Crippen LogP contribution in [0, 0.1) is 10.1 Å². The molecule has 0 spiro atoms. The van der Waals surface area contributed by atoms with E-state index in [1.165, 1.54) is 36.7 Å². The molecule has 3 aromatic rings. The van der Waals surface area contributed by atoms with Crippen molar-refractivity contribution in [2.75, 3.05) is 4.90 Å². The summed E-state index contributed by atoms with van der Waals surface area (Å²) in [5.41, 5.74) is -0.211. The standard InChI is InChI=1S/C21H14N4O5/c26-18(13-7-2-1-3-8-13)16-17(14-9-4-5-10-15(14)25(29)30)24(20(28)19(16)27)21-22-11-6-12-23-21/h1-12,17,26H/b18-16+. The lowest BCUT2D eigenvalue weighted by atomic mass is 9.94. The third kappa shape index (κ3) is 3.08. The predicted molar refractivity (Wildman–Crippen MR) is 106 cm³/mol. The second kappa shape index (κ2) is 7.55. The van der Waals surface area contributed by atoms with Crippen LogP contribution < -0.4 is 4.90 Å². The fourth-order valence-corrected chi connectivity index (χ4v) is 3.39. The topological polar surface area (TPSA) is 127 Å². The molecular formula is C21H14N4O5. The Morgan fingerprint density at radius 3 is 2.27 bits per heavy atom. The first-order valence-corrected chi connectivity index (χ1v) is 8.87. The number of aliphatic hydroxyl groups excluding tert-OH is 1. The molecule has 1 aromatic heterocycles. The van der Waals surface area contributed by atoms with Crippen LogP contribution in [-0.4, -0.2) is 31.7 Å². The number of hydrogen-bond acceptors (Lipinski definition) is 7. The number of hydrogen-bond donors (Lipinski definition) is 1. The first-order chi connectivity index (χ1) is 14.5. The highest BCUT2D eigenvalue weighted by molar-refractivity contribution is 6.51. The molecule has 0 radical (unpaired) electrons. The fourth-order valence-electron chi connectivity index (χ4n) is 3.39. The van der Waals surface area contributed by atoms with Gasteiger partial charge in [-0.15, -0.1) is 0 Å². The van der Waals surface area contributed by atoms with Crippen LogP contribution in [0.2, 0.25) is 0 Å². The highest BCUT2D eigenvalue weighted by Crippen LogP contribution is 2.43. The van der Waals surface area contributed by atoms with E-state index in [0.29, 0.717) is 5.56 Å². The molecule has 4 rings (SSSR count). The number of benzene rings is 2. The molecule has 1 amide bonds.